The number of nitrogens with zero attached hydrogens (tertiary/aromatic N) is 1. The van der Waals surface area contributed by atoms with Crippen molar-refractivity contribution in [3.05, 3.63) is 59.7 Å². The van der Waals surface area contributed by atoms with Gasteiger partial charge in [0.2, 0.25) is 0 Å². The Labute approximate surface area is 146 Å². The van der Waals surface area contributed by atoms with Crippen molar-refractivity contribution in [1.82, 2.24) is 0 Å². The molecule has 25 heavy (non-hydrogen) atoms. The van der Waals surface area contributed by atoms with Crippen LogP contribution in [0.4, 0.5) is 11.4 Å². The number of carbonyl (C=O) groups is 2. The van der Waals surface area contributed by atoms with Gasteiger partial charge in [0.05, 0.1) is 12.8 Å². The molecule has 0 bridgehead atoms. The molecule has 1 atom stereocenters. The SMILES string of the molecule is CCCc1cccc(NC2C(=O)c3ccccc3N=C2C(=O)OC)c1. The van der Waals surface area contributed by atoms with E-state index in [0.717, 1.165) is 18.5 Å². The van der Waals surface area contributed by atoms with E-state index in [2.05, 4.69) is 17.2 Å². The van der Waals surface area contributed by atoms with E-state index in [9.17, 15) is 9.59 Å². The van der Waals surface area contributed by atoms with Crippen LogP contribution in [0.25, 0.3) is 0 Å². The van der Waals surface area contributed by atoms with Gasteiger partial charge >= 0.3 is 5.97 Å². The molecule has 0 aliphatic carbocycles. The van der Waals surface area contributed by atoms with Gasteiger partial charge in [-0.3, -0.25) is 4.79 Å². The number of rotatable bonds is 5. The molecule has 0 saturated heterocycles. The quantitative estimate of drug-likeness (QED) is 0.848. The minimum atomic E-state index is -0.862. The third-order valence-electron chi connectivity index (χ3n) is 4.12. The van der Waals surface area contributed by atoms with Gasteiger partial charge in [0.25, 0.3) is 0 Å². The predicted octanol–water partition coefficient (Wildman–Crippen LogP) is 3.56. The van der Waals surface area contributed by atoms with Crippen LogP contribution in [0.1, 0.15) is 29.3 Å². The largest absolute Gasteiger partial charge is 0.464 e. The molecule has 1 unspecified atom stereocenters. The number of methoxy groups -OCH3 is 1. The molecule has 1 aliphatic heterocycles. The first-order chi connectivity index (χ1) is 12.1. The summed E-state index contributed by atoms with van der Waals surface area (Å²) in [6, 6.07) is 14.0. The summed E-state index contributed by atoms with van der Waals surface area (Å²) in [5.41, 5.74) is 3.02. The zero-order chi connectivity index (χ0) is 17.8. The van der Waals surface area contributed by atoms with Crippen LogP contribution in [0.5, 0.6) is 0 Å². The summed E-state index contributed by atoms with van der Waals surface area (Å²) in [5.74, 6) is -0.794. The summed E-state index contributed by atoms with van der Waals surface area (Å²) < 4.78 is 4.82. The molecule has 1 heterocycles. The second-order valence-electron chi connectivity index (χ2n) is 5.90. The molecule has 5 heteroatoms. The first-order valence-corrected chi connectivity index (χ1v) is 8.29. The van der Waals surface area contributed by atoms with Crippen molar-refractivity contribution in [3.63, 3.8) is 0 Å². The van der Waals surface area contributed by atoms with Gasteiger partial charge in [0.15, 0.2) is 11.5 Å². The van der Waals surface area contributed by atoms with Crippen molar-refractivity contribution in [2.75, 3.05) is 12.4 Å². The van der Waals surface area contributed by atoms with E-state index >= 15 is 0 Å². The Morgan fingerprint density at radius 1 is 1.20 bits per heavy atom. The van der Waals surface area contributed by atoms with Crippen LogP contribution in [-0.2, 0) is 16.0 Å². The fourth-order valence-corrected chi connectivity index (χ4v) is 2.93. The zero-order valence-electron chi connectivity index (χ0n) is 14.3. The molecule has 0 spiro atoms. The molecule has 5 nitrogen and oxygen atoms in total. The van der Waals surface area contributed by atoms with E-state index in [-0.39, 0.29) is 11.5 Å². The Kier molecular flexibility index (Phi) is 4.93. The van der Waals surface area contributed by atoms with Gasteiger partial charge in [-0.05, 0) is 36.2 Å². The molecule has 128 valence electrons. The number of ether oxygens (including phenoxy) is 1. The summed E-state index contributed by atoms with van der Waals surface area (Å²) >= 11 is 0. The lowest BCUT2D eigenvalue weighted by molar-refractivity contribution is -0.132. The summed E-state index contributed by atoms with van der Waals surface area (Å²) in [6.45, 7) is 2.11. The predicted molar refractivity (Wildman–Crippen MR) is 97.7 cm³/mol. The fraction of sp³-hybridized carbons (Fsp3) is 0.250. The molecule has 1 N–H and O–H groups in total. The molecule has 0 fully saturated rings. The summed E-state index contributed by atoms with van der Waals surface area (Å²) in [7, 11) is 1.29. The average molecular weight is 336 g/mol. The van der Waals surface area contributed by atoms with Crippen LogP contribution < -0.4 is 5.32 Å². The highest BCUT2D eigenvalue weighted by molar-refractivity contribution is 6.46. The number of fused-ring (bicyclic) bond motifs is 1. The van der Waals surface area contributed by atoms with Gasteiger partial charge in [-0.1, -0.05) is 37.6 Å². The number of esters is 1. The maximum absolute atomic E-state index is 12.9. The number of aliphatic imine (C=N–C) groups is 1. The van der Waals surface area contributed by atoms with Crippen LogP contribution in [0.2, 0.25) is 0 Å². The minimum Gasteiger partial charge on any atom is -0.464 e. The number of nitrogens with one attached hydrogen (secondary N) is 1. The second-order valence-corrected chi connectivity index (χ2v) is 5.90. The highest BCUT2D eigenvalue weighted by atomic mass is 16.5. The molecule has 0 saturated carbocycles. The Bertz CT molecular complexity index is 842. The number of ketones is 1. The maximum atomic E-state index is 12.9. The number of carbonyl (C=O) groups excluding carboxylic acids is 2. The van der Waals surface area contributed by atoms with Crippen molar-refractivity contribution in [2.24, 2.45) is 4.99 Å². The number of Topliss-reactive ketones (excluding diaryl/α,β-unsaturated/α-hetero) is 1. The summed E-state index contributed by atoms with van der Waals surface area (Å²) in [5, 5.41) is 3.15. The third kappa shape index (κ3) is 3.45. The van der Waals surface area contributed by atoms with E-state index in [1.807, 2.05) is 24.3 Å². The monoisotopic (exact) mass is 336 g/mol. The summed E-state index contributed by atoms with van der Waals surface area (Å²) in [4.78, 5) is 29.4. The fourth-order valence-electron chi connectivity index (χ4n) is 2.93. The highest BCUT2D eigenvalue weighted by Gasteiger charge is 2.35. The number of hydrogen-bond acceptors (Lipinski definition) is 5. The smallest absolute Gasteiger partial charge is 0.355 e. The van der Waals surface area contributed by atoms with Crippen molar-refractivity contribution >= 4 is 28.8 Å². The van der Waals surface area contributed by atoms with E-state index in [1.165, 1.54) is 12.7 Å². The van der Waals surface area contributed by atoms with Crippen LogP contribution in [0.15, 0.2) is 53.5 Å². The average Bonchev–Trinajstić information content (AvgIpc) is 2.64. The number of anilines is 1. The Morgan fingerprint density at radius 3 is 2.76 bits per heavy atom. The number of para-hydroxylation sites is 1. The van der Waals surface area contributed by atoms with Gasteiger partial charge in [0, 0.05) is 11.3 Å². The molecular formula is C20H20N2O3. The third-order valence-corrected chi connectivity index (χ3v) is 4.12. The van der Waals surface area contributed by atoms with Crippen LogP contribution in [-0.4, -0.2) is 30.6 Å². The standard InChI is InChI=1S/C20H20N2O3/c1-3-7-13-8-6-9-14(12-13)21-17-18(20(24)25-2)22-16-11-5-4-10-15(16)19(17)23/h4-6,8-12,17,21H,3,7H2,1-2H3. The van der Waals surface area contributed by atoms with Crippen LogP contribution in [0.3, 0.4) is 0 Å². The Hall–Kier alpha value is -2.95. The van der Waals surface area contributed by atoms with Gasteiger partial charge in [-0.15, -0.1) is 0 Å². The molecule has 3 rings (SSSR count). The lowest BCUT2D eigenvalue weighted by atomic mass is 9.94. The summed E-state index contributed by atoms with van der Waals surface area (Å²) in [6.07, 6.45) is 1.99. The molecule has 0 amide bonds. The lowest BCUT2D eigenvalue weighted by Crippen LogP contribution is -2.44. The van der Waals surface area contributed by atoms with Gasteiger partial charge in [-0.2, -0.15) is 0 Å². The van der Waals surface area contributed by atoms with Gasteiger partial charge in [0.1, 0.15) is 6.04 Å². The zero-order valence-corrected chi connectivity index (χ0v) is 14.3. The molecule has 2 aromatic carbocycles. The van der Waals surface area contributed by atoms with E-state index in [4.69, 9.17) is 4.74 Å². The highest BCUT2D eigenvalue weighted by Crippen LogP contribution is 2.28. The van der Waals surface area contributed by atoms with Crippen molar-refractivity contribution < 1.29 is 14.3 Å². The van der Waals surface area contributed by atoms with E-state index in [0.29, 0.717) is 11.3 Å². The number of aryl methyl sites for hydroxylation is 1. The Balaban J connectivity index is 1.97. The molecule has 0 aromatic heterocycles. The van der Waals surface area contributed by atoms with Crippen molar-refractivity contribution in [3.8, 4) is 0 Å². The van der Waals surface area contributed by atoms with E-state index in [1.54, 1.807) is 24.3 Å². The van der Waals surface area contributed by atoms with Crippen molar-refractivity contribution in [1.29, 1.82) is 0 Å². The molecular weight excluding hydrogens is 316 g/mol. The van der Waals surface area contributed by atoms with Gasteiger partial charge in [-0.25, -0.2) is 9.79 Å². The van der Waals surface area contributed by atoms with Crippen LogP contribution in [0, 0.1) is 0 Å². The maximum Gasteiger partial charge on any atom is 0.355 e. The first-order valence-electron chi connectivity index (χ1n) is 8.29. The minimum absolute atomic E-state index is 0.0760. The first kappa shape index (κ1) is 16.9. The van der Waals surface area contributed by atoms with E-state index < -0.39 is 12.0 Å². The molecule has 1 aliphatic rings. The van der Waals surface area contributed by atoms with Gasteiger partial charge < -0.3 is 10.1 Å². The normalized spacial score (nSPS) is 16.0. The van der Waals surface area contributed by atoms with Crippen LogP contribution >= 0.6 is 0 Å². The number of benzene rings is 2. The number of hydrogen-bond donors (Lipinski definition) is 1. The second kappa shape index (κ2) is 7.30. The lowest BCUT2D eigenvalue weighted by Gasteiger charge is -2.24. The Morgan fingerprint density at radius 2 is 2.00 bits per heavy atom. The molecule has 0 radical (unpaired) electrons. The topological polar surface area (TPSA) is 67.8 Å². The van der Waals surface area contributed by atoms with Crippen molar-refractivity contribution in [2.45, 2.75) is 25.8 Å². The molecule has 2 aromatic rings.